The van der Waals surface area contributed by atoms with Crippen LogP contribution in [-0.2, 0) is 4.79 Å². The predicted octanol–water partition coefficient (Wildman–Crippen LogP) is 1.38. The Labute approximate surface area is 80.8 Å². The molecule has 1 unspecified atom stereocenters. The van der Waals surface area contributed by atoms with Crippen molar-refractivity contribution in [2.45, 2.75) is 12.3 Å². The van der Waals surface area contributed by atoms with Gasteiger partial charge in [0.1, 0.15) is 5.82 Å². The Kier molecular flexibility index (Phi) is 3.59. The molecule has 0 heterocycles. The lowest BCUT2D eigenvalue weighted by Gasteiger charge is -2.10. The van der Waals surface area contributed by atoms with Crippen molar-refractivity contribution in [3.63, 3.8) is 0 Å². The van der Waals surface area contributed by atoms with Crippen LogP contribution in [0.2, 0.25) is 0 Å². The standard InChI is InChI=1S/C10H11FO3/c11-8-3-1-7(2-4-8)9(5-6-12)10(13)14/h1-4,9,12H,5-6H2,(H,13,14). The molecule has 0 fully saturated rings. The van der Waals surface area contributed by atoms with Gasteiger partial charge < -0.3 is 10.2 Å². The fourth-order valence-corrected chi connectivity index (χ4v) is 1.26. The van der Waals surface area contributed by atoms with Crippen LogP contribution in [0.3, 0.4) is 0 Å². The number of hydrogen-bond acceptors (Lipinski definition) is 2. The van der Waals surface area contributed by atoms with E-state index in [4.69, 9.17) is 10.2 Å². The summed E-state index contributed by atoms with van der Waals surface area (Å²) >= 11 is 0. The van der Waals surface area contributed by atoms with E-state index < -0.39 is 17.7 Å². The van der Waals surface area contributed by atoms with Crippen LogP contribution in [0, 0.1) is 5.82 Å². The molecule has 0 saturated carbocycles. The molecule has 14 heavy (non-hydrogen) atoms. The number of rotatable bonds is 4. The largest absolute Gasteiger partial charge is 0.481 e. The van der Waals surface area contributed by atoms with Gasteiger partial charge in [0.15, 0.2) is 0 Å². The summed E-state index contributed by atoms with van der Waals surface area (Å²) in [6.07, 6.45) is 0.140. The van der Waals surface area contributed by atoms with Gasteiger partial charge in [-0.3, -0.25) is 4.79 Å². The third-order valence-electron chi connectivity index (χ3n) is 1.99. The Balaban J connectivity index is 2.87. The van der Waals surface area contributed by atoms with Crippen LogP contribution in [0.25, 0.3) is 0 Å². The molecule has 1 atom stereocenters. The number of aliphatic hydroxyl groups is 1. The summed E-state index contributed by atoms with van der Waals surface area (Å²) < 4.78 is 12.5. The van der Waals surface area contributed by atoms with E-state index in [1.807, 2.05) is 0 Å². The second-order valence-corrected chi connectivity index (χ2v) is 2.95. The molecule has 76 valence electrons. The first-order valence-corrected chi connectivity index (χ1v) is 4.24. The molecule has 0 aliphatic heterocycles. The number of carbonyl (C=O) groups is 1. The topological polar surface area (TPSA) is 57.5 Å². The van der Waals surface area contributed by atoms with Gasteiger partial charge in [-0.1, -0.05) is 12.1 Å². The molecule has 0 aromatic heterocycles. The van der Waals surface area contributed by atoms with Gasteiger partial charge in [-0.05, 0) is 24.1 Å². The normalized spacial score (nSPS) is 12.4. The lowest BCUT2D eigenvalue weighted by Crippen LogP contribution is -2.13. The van der Waals surface area contributed by atoms with Gasteiger partial charge in [0.25, 0.3) is 0 Å². The van der Waals surface area contributed by atoms with E-state index in [1.54, 1.807) is 0 Å². The maximum atomic E-state index is 12.5. The van der Waals surface area contributed by atoms with Gasteiger partial charge in [-0.25, -0.2) is 4.39 Å². The van der Waals surface area contributed by atoms with Crippen molar-refractivity contribution in [2.24, 2.45) is 0 Å². The Morgan fingerprint density at radius 1 is 1.36 bits per heavy atom. The maximum absolute atomic E-state index is 12.5. The highest BCUT2D eigenvalue weighted by molar-refractivity contribution is 5.75. The summed E-state index contributed by atoms with van der Waals surface area (Å²) in [7, 11) is 0. The Morgan fingerprint density at radius 2 is 1.93 bits per heavy atom. The fraction of sp³-hybridized carbons (Fsp3) is 0.300. The minimum Gasteiger partial charge on any atom is -0.481 e. The lowest BCUT2D eigenvalue weighted by atomic mass is 9.96. The van der Waals surface area contributed by atoms with Crippen LogP contribution in [0.15, 0.2) is 24.3 Å². The van der Waals surface area contributed by atoms with Crippen molar-refractivity contribution in [3.8, 4) is 0 Å². The highest BCUT2D eigenvalue weighted by Crippen LogP contribution is 2.19. The smallest absolute Gasteiger partial charge is 0.311 e. The first-order valence-electron chi connectivity index (χ1n) is 4.24. The molecular weight excluding hydrogens is 187 g/mol. The fourth-order valence-electron chi connectivity index (χ4n) is 1.26. The lowest BCUT2D eigenvalue weighted by molar-refractivity contribution is -0.139. The van der Waals surface area contributed by atoms with E-state index >= 15 is 0 Å². The van der Waals surface area contributed by atoms with Crippen molar-refractivity contribution in [2.75, 3.05) is 6.61 Å². The van der Waals surface area contributed by atoms with Gasteiger partial charge in [-0.2, -0.15) is 0 Å². The molecule has 1 aromatic carbocycles. The predicted molar refractivity (Wildman–Crippen MR) is 48.5 cm³/mol. The highest BCUT2D eigenvalue weighted by Gasteiger charge is 2.18. The Bertz CT molecular complexity index is 308. The van der Waals surface area contributed by atoms with Gasteiger partial charge in [0, 0.05) is 6.61 Å². The molecule has 2 N–H and O–H groups in total. The van der Waals surface area contributed by atoms with Crippen molar-refractivity contribution in [1.29, 1.82) is 0 Å². The van der Waals surface area contributed by atoms with Crippen LogP contribution in [0.4, 0.5) is 4.39 Å². The SMILES string of the molecule is O=C(O)C(CCO)c1ccc(F)cc1. The van der Waals surface area contributed by atoms with Crippen molar-refractivity contribution >= 4 is 5.97 Å². The number of carboxylic acids is 1. The molecule has 0 aliphatic carbocycles. The third-order valence-corrected chi connectivity index (χ3v) is 1.99. The van der Waals surface area contributed by atoms with Crippen molar-refractivity contribution in [3.05, 3.63) is 35.6 Å². The number of halogens is 1. The van der Waals surface area contributed by atoms with E-state index in [1.165, 1.54) is 24.3 Å². The van der Waals surface area contributed by atoms with E-state index in [2.05, 4.69) is 0 Å². The van der Waals surface area contributed by atoms with E-state index in [0.717, 1.165) is 0 Å². The van der Waals surface area contributed by atoms with E-state index in [-0.39, 0.29) is 13.0 Å². The van der Waals surface area contributed by atoms with Crippen LogP contribution in [0.1, 0.15) is 17.9 Å². The van der Waals surface area contributed by atoms with Crippen molar-refractivity contribution < 1.29 is 19.4 Å². The number of carboxylic acid groups (broad SMARTS) is 1. The molecule has 0 aliphatic rings. The molecular formula is C10H11FO3. The molecule has 0 radical (unpaired) electrons. The molecule has 1 aromatic rings. The van der Waals surface area contributed by atoms with Crippen LogP contribution in [0.5, 0.6) is 0 Å². The molecule has 0 bridgehead atoms. The summed E-state index contributed by atoms with van der Waals surface area (Å²) in [5.74, 6) is -2.17. The van der Waals surface area contributed by atoms with Gasteiger partial charge in [0.2, 0.25) is 0 Å². The molecule has 1 rings (SSSR count). The van der Waals surface area contributed by atoms with Gasteiger partial charge in [-0.15, -0.1) is 0 Å². The monoisotopic (exact) mass is 198 g/mol. The first kappa shape index (κ1) is 10.7. The zero-order valence-corrected chi connectivity index (χ0v) is 7.48. The van der Waals surface area contributed by atoms with Crippen LogP contribution < -0.4 is 0 Å². The van der Waals surface area contributed by atoms with Gasteiger partial charge in [0.05, 0.1) is 5.92 Å². The second-order valence-electron chi connectivity index (χ2n) is 2.95. The number of benzene rings is 1. The summed E-state index contributed by atoms with van der Waals surface area (Å²) in [5, 5.41) is 17.5. The zero-order valence-electron chi connectivity index (χ0n) is 7.48. The summed E-state index contributed by atoms with van der Waals surface area (Å²) in [5.41, 5.74) is 0.507. The molecule has 3 nitrogen and oxygen atoms in total. The average Bonchev–Trinajstić information content (AvgIpc) is 2.15. The number of hydrogen-bond donors (Lipinski definition) is 2. The van der Waals surface area contributed by atoms with Crippen molar-refractivity contribution in [1.82, 2.24) is 0 Å². The average molecular weight is 198 g/mol. The Morgan fingerprint density at radius 3 is 2.36 bits per heavy atom. The minimum absolute atomic E-state index is 0.140. The zero-order chi connectivity index (χ0) is 10.6. The van der Waals surface area contributed by atoms with Crippen LogP contribution in [-0.4, -0.2) is 22.8 Å². The quantitative estimate of drug-likeness (QED) is 0.768. The molecule has 0 amide bonds. The molecule has 0 saturated heterocycles. The highest BCUT2D eigenvalue weighted by atomic mass is 19.1. The molecule has 0 spiro atoms. The minimum atomic E-state index is -1.01. The first-order chi connectivity index (χ1) is 6.65. The van der Waals surface area contributed by atoms with E-state index in [0.29, 0.717) is 5.56 Å². The third kappa shape index (κ3) is 2.53. The molecule has 4 heteroatoms. The van der Waals surface area contributed by atoms with Gasteiger partial charge >= 0.3 is 5.97 Å². The summed E-state index contributed by atoms with van der Waals surface area (Å²) in [6.45, 7) is -0.200. The summed E-state index contributed by atoms with van der Waals surface area (Å²) in [6, 6.07) is 5.26. The summed E-state index contributed by atoms with van der Waals surface area (Å²) in [4.78, 5) is 10.8. The maximum Gasteiger partial charge on any atom is 0.311 e. The second kappa shape index (κ2) is 4.72. The van der Waals surface area contributed by atoms with Crippen LogP contribution >= 0.6 is 0 Å². The Hall–Kier alpha value is -1.42. The van der Waals surface area contributed by atoms with E-state index in [9.17, 15) is 9.18 Å². The number of aliphatic carboxylic acids is 1. The number of aliphatic hydroxyl groups excluding tert-OH is 1.